The minimum absolute atomic E-state index is 0.0788. The first-order valence-electron chi connectivity index (χ1n) is 5.79. The fourth-order valence-corrected chi connectivity index (χ4v) is 1.58. The van der Waals surface area contributed by atoms with E-state index < -0.39 is 4.92 Å². The zero-order valence-corrected chi connectivity index (χ0v) is 11.0. The molecule has 0 radical (unpaired) electrons. The number of nitrogens with one attached hydrogen (secondary N) is 1. The van der Waals surface area contributed by atoms with E-state index in [4.69, 9.17) is 9.47 Å². The highest BCUT2D eigenvalue weighted by molar-refractivity contribution is 5.52. The molecule has 0 aliphatic heterocycles. The number of nitro groups is 1. The van der Waals surface area contributed by atoms with Crippen LogP contribution < -0.4 is 14.8 Å². The molecule has 0 saturated carbocycles. The Labute approximate surface area is 115 Å². The summed E-state index contributed by atoms with van der Waals surface area (Å²) in [6, 6.07) is 9.39. The van der Waals surface area contributed by atoms with Gasteiger partial charge in [-0.05, 0) is 12.1 Å². The Morgan fingerprint density at radius 2 is 2.10 bits per heavy atom. The number of methoxy groups -OCH3 is 1. The van der Waals surface area contributed by atoms with Crippen LogP contribution in [-0.4, -0.2) is 24.1 Å². The Bertz CT molecular complexity index is 631. The smallest absolute Gasteiger partial charge is 0.311 e. The molecule has 0 saturated heterocycles. The van der Waals surface area contributed by atoms with Crippen molar-refractivity contribution in [3.63, 3.8) is 0 Å². The van der Waals surface area contributed by atoms with Crippen LogP contribution in [0.1, 0.15) is 0 Å². The van der Waals surface area contributed by atoms with E-state index in [1.54, 1.807) is 25.2 Å². The molecule has 2 rings (SSSR count). The summed E-state index contributed by atoms with van der Waals surface area (Å²) in [6.45, 7) is 0. The topological polar surface area (TPSA) is 86.5 Å². The molecule has 0 spiro atoms. The van der Waals surface area contributed by atoms with Crippen LogP contribution in [0.2, 0.25) is 0 Å². The molecular formula is C13H13N3O4. The van der Waals surface area contributed by atoms with Gasteiger partial charge in [0.1, 0.15) is 11.6 Å². The quantitative estimate of drug-likeness (QED) is 0.667. The maximum atomic E-state index is 11.0. The van der Waals surface area contributed by atoms with Crippen LogP contribution in [0.25, 0.3) is 0 Å². The summed E-state index contributed by atoms with van der Waals surface area (Å²) in [5, 5.41) is 13.9. The Morgan fingerprint density at radius 1 is 1.30 bits per heavy atom. The number of rotatable bonds is 5. The first kappa shape index (κ1) is 13.6. The standard InChI is InChI=1S/C13H13N3O4/c1-14-12-4-3-5-13(15-12)20-11-8-9(19-2)6-7-10(11)16(17)18/h3-8H,1-2H3,(H,14,15). The summed E-state index contributed by atoms with van der Waals surface area (Å²) in [5.74, 6) is 1.41. The molecule has 0 amide bonds. The zero-order valence-electron chi connectivity index (χ0n) is 11.0. The average molecular weight is 275 g/mol. The number of hydrogen-bond acceptors (Lipinski definition) is 6. The van der Waals surface area contributed by atoms with Gasteiger partial charge in [0, 0.05) is 25.2 Å². The SMILES string of the molecule is CNc1cccc(Oc2cc(OC)ccc2[N+](=O)[O-])n1. The van der Waals surface area contributed by atoms with Crippen molar-refractivity contribution in [2.75, 3.05) is 19.5 Å². The number of nitrogens with zero attached hydrogens (tertiary/aromatic N) is 2. The monoisotopic (exact) mass is 275 g/mol. The van der Waals surface area contributed by atoms with Crippen LogP contribution in [0.5, 0.6) is 17.4 Å². The number of aromatic nitrogens is 1. The third kappa shape index (κ3) is 2.94. The number of anilines is 1. The lowest BCUT2D eigenvalue weighted by Gasteiger charge is -2.08. The Balaban J connectivity index is 2.37. The number of benzene rings is 1. The first-order chi connectivity index (χ1) is 9.63. The maximum Gasteiger partial charge on any atom is 0.311 e. The molecule has 104 valence electrons. The summed E-state index contributed by atoms with van der Waals surface area (Å²) in [4.78, 5) is 14.6. The van der Waals surface area contributed by atoms with Crippen molar-refractivity contribution in [1.29, 1.82) is 0 Å². The molecule has 0 atom stereocenters. The van der Waals surface area contributed by atoms with Gasteiger partial charge in [-0.2, -0.15) is 4.98 Å². The molecule has 20 heavy (non-hydrogen) atoms. The summed E-state index contributed by atoms with van der Waals surface area (Å²) in [5.41, 5.74) is -0.150. The van der Waals surface area contributed by atoms with E-state index in [9.17, 15) is 10.1 Å². The lowest BCUT2D eigenvalue weighted by molar-refractivity contribution is -0.385. The van der Waals surface area contributed by atoms with E-state index >= 15 is 0 Å². The van der Waals surface area contributed by atoms with Gasteiger partial charge < -0.3 is 14.8 Å². The molecule has 7 nitrogen and oxygen atoms in total. The second kappa shape index (κ2) is 5.87. The van der Waals surface area contributed by atoms with E-state index in [0.717, 1.165) is 0 Å². The predicted molar refractivity (Wildman–Crippen MR) is 73.5 cm³/mol. The van der Waals surface area contributed by atoms with Crippen LogP contribution >= 0.6 is 0 Å². The second-order valence-electron chi connectivity index (χ2n) is 3.80. The first-order valence-corrected chi connectivity index (χ1v) is 5.79. The highest BCUT2D eigenvalue weighted by Gasteiger charge is 2.17. The third-order valence-electron chi connectivity index (χ3n) is 2.56. The number of ether oxygens (including phenoxy) is 2. The van der Waals surface area contributed by atoms with Crippen LogP contribution in [-0.2, 0) is 0 Å². The van der Waals surface area contributed by atoms with E-state index in [-0.39, 0.29) is 17.3 Å². The van der Waals surface area contributed by atoms with Gasteiger partial charge in [-0.1, -0.05) is 6.07 Å². The summed E-state index contributed by atoms with van der Waals surface area (Å²) in [6.07, 6.45) is 0. The number of pyridine rings is 1. The van der Waals surface area contributed by atoms with Gasteiger partial charge in [-0.3, -0.25) is 10.1 Å². The molecule has 0 bridgehead atoms. The van der Waals surface area contributed by atoms with Gasteiger partial charge in [0.2, 0.25) is 11.6 Å². The third-order valence-corrected chi connectivity index (χ3v) is 2.56. The number of nitro benzene ring substituents is 1. The van der Waals surface area contributed by atoms with Crippen molar-refractivity contribution in [1.82, 2.24) is 4.98 Å². The van der Waals surface area contributed by atoms with Gasteiger partial charge in [-0.15, -0.1) is 0 Å². The summed E-state index contributed by atoms with van der Waals surface area (Å²) >= 11 is 0. The molecule has 2 aromatic rings. The lowest BCUT2D eigenvalue weighted by atomic mass is 10.3. The summed E-state index contributed by atoms with van der Waals surface area (Å²) in [7, 11) is 3.20. The molecule has 7 heteroatoms. The zero-order chi connectivity index (χ0) is 14.5. The van der Waals surface area contributed by atoms with Crippen LogP contribution in [0, 0.1) is 10.1 Å². The van der Waals surface area contributed by atoms with Crippen LogP contribution in [0.4, 0.5) is 11.5 Å². The van der Waals surface area contributed by atoms with Crippen molar-refractivity contribution in [3.05, 3.63) is 46.5 Å². The van der Waals surface area contributed by atoms with Gasteiger partial charge in [0.25, 0.3) is 0 Å². The maximum absolute atomic E-state index is 11.0. The molecule has 1 N–H and O–H groups in total. The van der Waals surface area contributed by atoms with Crippen molar-refractivity contribution >= 4 is 11.5 Å². The largest absolute Gasteiger partial charge is 0.497 e. The molecule has 0 unspecified atom stereocenters. The van der Waals surface area contributed by atoms with E-state index in [0.29, 0.717) is 11.6 Å². The minimum atomic E-state index is -0.517. The van der Waals surface area contributed by atoms with E-state index in [1.165, 1.54) is 25.3 Å². The molecule has 0 aliphatic rings. The molecule has 1 heterocycles. The second-order valence-corrected chi connectivity index (χ2v) is 3.80. The predicted octanol–water partition coefficient (Wildman–Crippen LogP) is 2.83. The van der Waals surface area contributed by atoms with Crippen molar-refractivity contribution in [3.8, 4) is 17.4 Å². The van der Waals surface area contributed by atoms with Crippen molar-refractivity contribution < 1.29 is 14.4 Å². The molecule has 0 fully saturated rings. The van der Waals surface area contributed by atoms with Crippen molar-refractivity contribution in [2.45, 2.75) is 0 Å². The van der Waals surface area contributed by atoms with Gasteiger partial charge in [0.05, 0.1) is 12.0 Å². The minimum Gasteiger partial charge on any atom is -0.497 e. The average Bonchev–Trinajstić information content (AvgIpc) is 2.47. The molecule has 0 aliphatic carbocycles. The fourth-order valence-electron chi connectivity index (χ4n) is 1.58. The highest BCUT2D eigenvalue weighted by Crippen LogP contribution is 2.34. The van der Waals surface area contributed by atoms with E-state index in [2.05, 4.69) is 10.3 Å². The molecular weight excluding hydrogens is 262 g/mol. The lowest BCUT2D eigenvalue weighted by Crippen LogP contribution is -1.97. The van der Waals surface area contributed by atoms with E-state index in [1.807, 2.05) is 0 Å². The van der Waals surface area contributed by atoms with Crippen molar-refractivity contribution in [2.24, 2.45) is 0 Å². The Morgan fingerprint density at radius 3 is 2.75 bits per heavy atom. The normalized spacial score (nSPS) is 9.90. The van der Waals surface area contributed by atoms with Crippen LogP contribution in [0.3, 0.4) is 0 Å². The Kier molecular flexibility index (Phi) is 3.99. The van der Waals surface area contributed by atoms with Gasteiger partial charge in [-0.25, -0.2) is 0 Å². The number of hydrogen-bond donors (Lipinski definition) is 1. The van der Waals surface area contributed by atoms with Crippen LogP contribution in [0.15, 0.2) is 36.4 Å². The molecule has 1 aromatic heterocycles. The molecule has 1 aromatic carbocycles. The highest BCUT2D eigenvalue weighted by atomic mass is 16.6. The Hall–Kier alpha value is -2.83. The fraction of sp³-hybridized carbons (Fsp3) is 0.154. The summed E-state index contributed by atoms with van der Waals surface area (Å²) < 4.78 is 10.5. The van der Waals surface area contributed by atoms with Gasteiger partial charge >= 0.3 is 5.69 Å². The van der Waals surface area contributed by atoms with Gasteiger partial charge in [0.15, 0.2) is 0 Å².